The molecule has 1 aliphatic heterocycles. The number of rotatable bonds is 6. The lowest BCUT2D eigenvalue weighted by Crippen LogP contribution is -2.39. The van der Waals surface area contributed by atoms with Gasteiger partial charge in [0.1, 0.15) is 11.6 Å². The van der Waals surface area contributed by atoms with E-state index in [1.54, 1.807) is 0 Å². The summed E-state index contributed by atoms with van der Waals surface area (Å²) in [6, 6.07) is 6.71. The zero-order valence-corrected chi connectivity index (χ0v) is 17.4. The van der Waals surface area contributed by atoms with E-state index in [0.717, 1.165) is 62.4 Å². The first-order chi connectivity index (χ1) is 14.1. The van der Waals surface area contributed by atoms with Gasteiger partial charge in [-0.3, -0.25) is 4.79 Å². The minimum Gasteiger partial charge on any atom is -0.343 e. The van der Waals surface area contributed by atoms with Crippen LogP contribution in [0, 0.1) is 24.6 Å². The number of piperidine rings is 1. The van der Waals surface area contributed by atoms with Crippen LogP contribution in [0.15, 0.2) is 30.5 Å². The lowest BCUT2D eigenvalue weighted by atomic mass is 9.92. The quantitative estimate of drug-likeness (QED) is 0.706. The maximum absolute atomic E-state index is 13.2. The predicted molar refractivity (Wildman–Crippen MR) is 112 cm³/mol. The molecule has 0 unspecified atom stereocenters. The normalized spacial score (nSPS) is 18.5. The standard InChI is InChI=1S/C24H32FN3O/c1-18-16-26-23(28(18)17-21-6-8-22(25)9-7-21)14-20-10-12-27(13-11-20)24(29)15-19-4-2-3-5-19/h6-9,16,19-20H,2-5,10-15,17H2,1H3. The summed E-state index contributed by atoms with van der Waals surface area (Å²) in [4.78, 5) is 19.3. The summed E-state index contributed by atoms with van der Waals surface area (Å²) in [5.74, 6) is 2.46. The largest absolute Gasteiger partial charge is 0.343 e. The lowest BCUT2D eigenvalue weighted by Gasteiger charge is -2.32. The Bertz CT molecular complexity index is 815. The molecule has 0 N–H and O–H groups in total. The van der Waals surface area contributed by atoms with Crippen molar-refractivity contribution in [3.8, 4) is 0 Å². The highest BCUT2D eigenvalue weighted by molar-refractivity contribution is 5.76. The summed E-state index contributed by atoms with van der Waals surface area (Å²) in [6.07, 6.45) is 10.8. The van der Waals surface area contributed by atoms with E-state index in [2.05, 4.69) is 21.4 Å². The number of amides is 1. The molecule has 0 bridgehead atoms. The average Bonchev–Trinajstić information content (AvgIpc) is 3.35. The number of hydrogen-bond acceptors (Lipinski definition) is 2. The third-order valence-electron chi connectivity index (χ3n) is 6.77. The number of imidazole rings is 1. The second-order valence-electron chi connectivity index (χ2n) is 8.91. The van der Waals surface area contributed by atoms with E-state index in [4.69, 9.17) is 0 Å². The van der Waals surface area contributed by atoms with Crippen molar-refractivity contribution in [1.82, 2.24) is 14.5 Å². The van der Waals surface area contributed by atoms with Gasteiger partial charge in [0, 0.05) is 44.4 Å². The zero-order chi connectivity index (χ0) is 20.2. The first-order valence-corrected chi connectivity index (χ1v) is 11.1. The molecular weight excluding hydrogens is 365 g/mol. The molecule has 1 aliphatic carbocycles. The summed E-state index contributed by atoms with van der Waals surface area (Å²) in [7, 11) is 0. The average molecular weight is 398 g/mol. The van der Waals surface area contributed by atoms with E-state index < -0.39 is 0 Å². The molecule has 2 fully saturated rings. The number of hydrogen-bond donors (Lipinski definition) is 0. The molecule has 0 atom stereocenters. The summed E-state index contributed by atoms with van der Waals surface area (Å²) in [6.45, 7) is 4.56. The Hall–Kier alpha value is -2.17. The molecule has 29 heavy (non-hydrogen) atoms. The molecule has 4 rings (SSSR count). The van der Waals surface area contributed by atoms with Crippen molar-refractivity contribution in [3.63, 3.8) is 0 Å². The number of carbonyl (C=O) groups is 1. The second-order valence-corrected chi connectivity index (χ2v) is 8.91. The molecule has 2 heterocycles. The van der Waals surface area contributed by atoms with Gasteiger partial charge in [0.05, 0.1) is 0 Å². The SMILES string of the molecule is Cc1cnc(CC2CCN(C(=O)CC3CCCC3)CC2)n1Cc1ccc(F)cc1. The Labute approximate surface area is 173 Å². The van der Waals surface area contributed by atoms with Crippen molar-refractivity contribution in [3.05, 3.63) is 53.4 Å². The third-order valence-corrected chi connectivity index (χ3v) is 6.77. The van der Waals surface area contributed by atoms with Gasteiger partial charge in [-0.05, 0) is 62.1 Å². The molecule has 5 heteroatoms. The summed E-state index contributed by atoms with van der Waals surface area (Å²) in [5.41, 5.74) is 2.22. The Kier molecular flexibility index (Phi) is 6.31. The molecule has 2 aromatic rings. The van der Waals surface area contributed by atoms with Crippen LogP contribution in [0.5, 0.6) is 0 Å². The van der Waals surface area contributed by atoms with Crippen molar-refractivity contribution < 1.29 is 9.18 Å². The van der Waals surface area contributed by atoms with Crippen LogP contribution in [-0.2, 0) is 17.8 Å². The number of carbonyl (C=O) groups excluding carboxylic acids is 1. The van der Waals surface area contributed by atoms with Crippen LogP contribution >= 0.6 is 0 Å². The van der Waals surface area contributed by atoms with Crippen molar-refractivity contribution >= 4 is 5.91 Å². The van der Waals surface area contributed by atoms with Gasteiger partial charge in [0.2, 0.25) is 5.91 Å². The van der Waals surface area contributed by atoms with Gasteiger partial charge >= 0.3 is 0 Å². The third kappa shape index (κ3) is 5.06. The minimum atomic E-state index is -0.203. The first kappa shape index (κ1) is 20.1. The number of benzene rings is 1. The van der Waals surface area contributed by atoms with Gasteiger partial charge in [0.25, 0.3) is 0 Å². The topological polar surface area (TPSA) is 38.1 Å². The maximum atomic E-state index is 13.2. The molecular formula is C24H32FN3O. The van der Waals surface area contributed by atoms with E-state index in [1.807, 2.05) is 18.3 Å². The van der Waals surface area contributed by atoms with Crippen molar-refractivity contribution in [1.29, 1.82) is 0 Å². The Balaban J connectivity index is 1.31. The van der Waals surface area contributed by atoms with E-state index >= 15 is 0 Å². The van der Waals surface area contributed by atoms with Crippen LogP contribution in [0.4, 0.5) is 4.39 Å². The molecule has 0 spiro atoms. The Morgan fingerprint density at radius 2 is 1.76 bits per heavy atom. The molecule has 1 saturated carbocycles. The second kappa shape index (κ2) is 9.10. The fourth-order valence-corrected chi connectivity index (χ4v) is 4.90. The fraction of sp³-hybridized carbons (Fsp3) is 0.583. The van der Waals surface area contributed by atoms with Gasteiger partial charge in [0.15, 0.2) is 0 Å². The van der Waals surface area contributed by atoms with E-state index in [9.17, 15) is 9.18 Å². The maximum Gasteiger partial charge on any atom is 0.222 e. The molecule has 4 nitrogen and oxygen atoms in total. The van der Waals surface area contributed by atoms with E-state index in [0.29, 0.717) is 17.7 Å². The predicted octanol–water partition coefficient (Wildman–Crippen LogP) is 4.74. The zero-order valence-electron chi connectivity index (χ0n) is 17.4. The summed E-state index contributed by atoms with van der Waals surface area (Å²) < 4.78 is 15.4. The molecule has 1 amide bonds. The van der Waals surface area contributed by atoms with Crippen LogP contribution in [0.1, 0.15) is 62.0 Å². The van der Waals surface area contributed by atoms with Gasteiger partial charge in [-0.25, -0.2) is 9.37 Å². The van der Waals surface area contributed by atoms with Crippen LogP contribution in [0.2, 0.25) is 0 Å². The molecule has 1 aromatic carbocycles. The van der Waals surface area contributed by atoms with Crippen LogP contribution < -0.4 is 0 Å². The minimum absolute atomic E-state index is 0.203. The summed E-state index contributed by atoms with van der Waals surface area (Å²) >= 11 is 0. The highest BCUT2D eigenvalue weighted by Crippen LogP contribution is 2.29. The number of nitrogens with zero attached hydrogens (tertiary/aromatic N) is 3. The number of likely N-dealkylation sites (tertiary alicyclic amines) is 1. The smallest absolute Gasteiger partial charge is 0.222 e. The number of aryl methyl sites for hydroxylation is 1. The van der Waals surface area contributed by atoms with Crippen LogP contribution in [0.25, 0.3) is 0 Å². The lowest BCUT2D eigenvalue weighted by molar-refractivity contribution is -0.133. The molecule has 156 valence electrons. The van der Waals surface area contributed by atoms with Crippen molar-refractivity contribution in [2.24, 2.45) is 11.8 Å². The monoisotopic (exact) mass is 397 g/mol. The Morgan fingerprint density at radius 3 is 2.45 bits per heavy atom. The number of aromatic nitrogens is 2. The first-order valence-electron chi connectivity index (χ1n) is 11.1. The highest BCUT2D eigenvalue weighted by atomic mass is 19.1. The molecule has 0 radical (unpaired) electrons. The van der Waals surface area contributed by atoms with Crippen LogP contribution in [-0.4, -0.2) is 33.4 Å². The molecule has 2 aliphatic rings. The fourth-order valence-electron chi connectivity index (χ4n) is 4.90. The Morgan fingerprint density at radius 1 is 1.07 bits per heavy atom. The highest BCUT2D eigenvalue weighted by Gasteiger charge is 2.27. The van der Waals surface area contributed by atoms with E-state index in [1.165, 1.54) is 37.8 Å². The molecule has 1 aromatic heterocycles. The van der Waals surface area contributed by atoms with Gasteiger partial charge < -0.3 is 9.47 Å². The van der Waals surface area contributed by atoms with Gasteiger partial charge in [-0.15, -0.1) is 0 Å². The van der Waals surface area contributed by atoms with Crippen LogP contribution in [0.3, 0.4) is 0 Å². The number of halogens is 1. The van der Waals surface area contributed by atoms with Crippen molar-refractivity contribution in [2.45, 2.75) is 64.8 Å². The van der Waals surface area contributed by atoms with E-state index in [-0.39, 0.29) is 5.82 Å². The van der Waals surface area contributed by atoms with Gasteiger partial charge in [-0.1, -0.05) is 25.0 Å². The van der Waals surface area contributed by atoms with Crippen molar-refractivity contribution in [2.75, 3.05) is 13.1 Å². The summed E-state index contributed by atoms with van der Waals surface area (Å²) in [5, 5.41) is 0. The molecule has 1 saturated heterocycles. The van der Waals surface area contributed by atoms with Gasteiger partial charge in [-0.2, -0.15) is 0 Å².